The summed E-state index contributed by atoms with van der Waals surface area (Å²) in [5, 5.41) is 20.4. The van der Waals surface area contributed by atoms with Crippen molar-refractivity contribution in [3.63, 3.8) is 0 Å². The summed E-state index contributed by atoms with van der Waals surface area (Å²) in [7, 11) is 0. The van der Waals surface area contributed by atoms with Gasteiger partial charge >= 0.3 is 0 Å². The molecule has 0 unspecified atom stereocenters. The summed E-state index contributed by atoms with van der Waals surface area (Å²) in [6.45, 7) is 4.40. The number of fused-ring (bicyclic) bond motifs is 5. The highest BCUT2D eigenvalue weighted by Crippen LogP contribution is 2.64. The summed E-state index contributed by atoms with van der Waals surface area (Å²) in [5.74, 6) is 1.41. The monoisotopic (exact) mass is 304 g/mol. The highest BCUT2D eigenvalue weighted by Gasteiger charge is 2.61. The molecule has 3 heteroatoms. The molecule has 4 aliphatic carbocycles. The number of hydrogen-bond acceptors (Lipinski definition) is 3. The molecule has 0 aromatic carbocycles. The Kier molecular flexibility index (Phi) is 3.16. The van der Waals surface area contributed by atoms with Gasteiger partial charge in [0.15, 0.2) is 0 Å². The molecule has 0 heterocycles. The molecule has 0 amide bonds. The van der Waals surface area contributed by atoms with Gasteiger partial charge in [-0.05, 0) is 55.8 Å². The molecule has 0 bridgehead atoms. The quantitative estimate of drug-likeness (QED) is 0.677. The highest BCUT2D eigenvalue weighted by molar-refractivity contribution is 5.85. The molecule has 4 aliphatic rings. The van der Waals surface area contributed by atoms with E-state index in [1.54, 1.807) is 0 Å². The summed E-state index contributed by atoms with van der Waals surface area (Å²) in [6.07, 6.45) is 7.66. The Hall–Kier alpha value is -0.670. The number of aliphatic hydroxyl groups excluding tert-OH is 2. The standard InChI is InChI=1S/C19H28O3/c1-18-8-7-12(20)9-11(18)3-4-13-14-5-6-16(22)19(14,2)10-15(21)17(13)18/h9,12-14,16-17,20,22H,3-8,10H2,1-2H3/t12-,13-,14-,16-,17+,18-,19-/m0/s1. The molecule has 2 N–H and O–H groups in total. The summed E-state index contributed by atoms with van der Waals surface area (Å²) in [4.78, 5) is 13.1. The van der Waals surface area contributed by atoms with Crippen molar-refractivity contribution in [2.24, 2.45) is 28.6 Å². The molecular weight excluding hydrogens is 276 g/mol. The third-order valence-electron chi connectivity index (χ3n) is 7.73. The van der Waals surface area contributed by atoms with Gasteiger partial charge in [-0.3, -0.25) is 4.79 Å². The van der Waals surface area contributed by atoms with Gasteiger partial charge in [-0.2, -0.15) is 0 Å². The second-order valence-electron chi connectivity index (χ2n) is 8.74. The van der Waals surface area contributed by atoms with Gasteiger partial charge in [0, 0.05) is 17.8 Å². The molecule has 7 atom stereocenters. The van der Waals surface area contributed by atoms with Crippen molar-refractivity contribution in [3.05, 3.63) is 11.6 Å². The van der Waals surface area contributed by atoms with Crippen LogP contribution in [0.2, 0.25) is 0 Å². The van der Waals surface area contributed by atoms with E-state index in [0.29, 0.717) is 24.0 Å². The summed E-state index contributed by atoms with van der Waals surface area (Å²) >= 11 is 0. The molecule has 0 saturated heterocycles. The van der Waals surface area contributed by atoms with Crippen LogP contribution in [-0.2, 0) is 4.79 Å². The van der Waals surface area contributed by atoms with Crippen molar-refractivity contribution in [2.75, 3.05) is 0 Å². The van der Waals surface area contributed by atoms with Crippen LogP contribution >= 0.6 is 0 Å². The zero-order valence-electron chi connectivity index (χ0n) is 13.7. The Morgan fingerprint density at radius 1 is 1.14 bits per heavy atom. The van der Waals surface area contributed by atoms with Crippen LogP contribution in [0.4, 0.5) is 0 Å². The first kappa shape index (κ1) is 14.9. The number of hydrogen-bond donors (Lipinski definition) is 2. The van der Waals surface area contributed by atoms with E-state index in [4.69, 9.17) is 0 Å². The van der Waals surface area contributed by atoms with Gasteiger partial charge in [0.1, 0.15) is 5.78 Å². The van der Waals surface area contributed by atoms with E-state index in [1.165, 1.54) is 5.57 Å². The van der Waals surface area contributed by atoms with E-state index in [-0.39, 0.29) is 29.0 Å². The van der Waals surface area contributed by atoms with E-state index < -0.39 is 0 Å². The maximum absolute atomic E-state index is 13.1. The molecule has 3 fully saturated rings. The lowest BCUT2D eigenvalue weighted by Gasteiger charge is -2.57. The van der Waals surface area contributed by atoms with Crippen LogP contribution in [0, 0.1) is 28.6 Å². The number of rotatable bonds is 0. The second kappa shape index (κ2) is 4.67. The first-order valence-corrected chi connectivity index (χ1v) is 8.96. The minimum Gasteiger partial charge on any atom is -0.393 e. The van der Waals surface area contributed by atoms with Crippen LogP contribution in [0.3, 0.4) is 0 Å². The fourth-order valence-corrected chi connectivity index (χ4v) is 6.51. The molecule has 0 aliphatic heterocycles. The molecule has 3 nitrogen and oxygen atoms in total. The third-order valence-corrected chi connectivity index (χ3v) is 7.73. The summed E-state index contributed by atoms with van der Waals surface area (Å²) < 4.78 is 0. The zero-order chi connectivity index (χ0) is 15.7. The van der Waals surface area contributed by atoms with Gasteiger partial charge in [-0.1, -0.05) is 25.5 Å². The SMILES string of the molecule is C[C@]12CC(=O)[C@H]3[C@@H](CCC4=C[C@@H](O)CC[C@@]43C)[C@@H]1CC[C@@H]2O. The van der Waals surface area contributed by atoms with Crippen molar-refractivity contribution in [3.8, 4) is 0 Å². The molecule has 0 aromatic rings. The number of carbonyl (C=O) groups is 1. The zero-order valence-corrected chi connectivity index (χ0v) is 13.7. The van der Waals surface area contributed by atoms with Gasteiger partial charge in [0.25, 0.3) is 0 Å². The van der Waals surface area contributed by atoms with Gasteiger partial charge in [-0.25, -0.2) is 0 Å². The number of aliphatic hydroxyl groups is 2. The lowest BCUT2D eigenvalue weighted by molar-refractivity contribution is -0.148. The lowest BCUT2D eigenvalue weighted by atomic mass is 9.47. The first-order chi connectivity index (χ1) is 10.4. The molecule has 22 heavy (non-hydrogen) atoms. The molecule has 0 aromatic heterocycles. The molecule has 122 valence electrons. The smallest absolute Gasteiger partial charge is 0.137 e. The van der Waals surface area contributed by atoms with Crippen molar-refractivity contribution in [1.82, 2.24) is 0 Å². The maximum Gasteiger partial charge on any atom is 0.137 e. The molecule has 0 radical (unpaired) electrons. The number of ketones is 1. The fraction of sp³-hybridized carbons (Fsp3) is 0.842. The van der Waals surface area contributed by atoms with Crippen molar-refractivity contribution in [2.45, 2.75) is 71.0 Å². The Balaban J connectivity index is 1.74. The largest absolute Gasteiger partial charge is 0.393 e. The summed E-state index contributed by atoms with van der Waals surface area (Å²) in [5.41, 5.74) is 1.08. The molecular formula is C19H28O3. The second-order valence-corrected chi connectivity index (χ2v) is 8.74. The Labute approximate surface area is 132 Å². The van der Waals surface area contributed by atoms with E-state index in [0.717, 1.165) is 38.5 Å². The Morgan fingerprint density at radius 3 is 2.68 bits per heavy atom. The van der Waals surface area contributed by atoms with Crippen LogP contribution in [0.15, 0.2) is 11.6 Å². The van der Waals surface area contributed by atoms with E-state index in [1.807, 2.05) is 6.08 Å². The Bertz CT molecular complexity index is 539. The molecule has 0 spiro atoms. The van der Waals surface area contributed by atoms with Gasteiger partial charge in [0.05, 0.1) is 12.2 Å². The van der Waals surface area contributed by atoms with Crippen LogP contribution in [0.25, 0.3) is 0 Å². The van der Waals surface area contributed by atoms with E-state index in [2.05, 4.69) is 13.8 Å². The van der Waals surface area contributed by atoms with Crippen LogP contribution < -0.4 is 0 Å². The molecule has 3 saturated carbocycles. The van der Waals surface area contributed by atoms with Crippen molar-refractivity contribution < 1.29 is 15.0 Å². The average Bonchev–Trinajstić information content (AvgIpc) is 2.75. The fourth-order valence-electron chi connectivity index (χ4n) is 6.51. The normalized spacial score (nSPS) is 54.3. The maximum atomic E-state index is 13.1. The van der Waals surface area contributed by atoms with E-state index in [9.17, 15) is 15.0 Å². The minimum atomic E-state index is -0.322. The predicted molar refractivity (Wildman–Crippen MR) is 84.1 cm³/mol. The van der Waals surface area contributed by atoms with Crippen molar-refractivity contribution in [1.29, 1.82) is 0 Å². The highest BCUT2D eigenvalue weighted by atomic mass is 16.3. The third kappa shape index (κ3) is 1.78. The predicted octanol–water partition coefficient (Wildman–Crippen LogP) is 2.85. The lowest BCUT2D eigenvalue weighted by Crippen LogP contribution is -2.55. The number of allylic oxidation sites excluding steroid dienone is 1. The average molecular weight is 304 g/mol. The van der Waals surface area contributed by atoms with Gasteiger partial charge in [-0.15, -0.1) is 0 Å². The van der Waals surface area contributed by atoms with Crippen LogP contribution in [0.1, 0.15) is 58.8 Å². The van der Waals surface area contributed by atoms with Crippen LogP contribution in [0.5, 0.6) is 0 Å². The number of Topliss-reactive ketones (excluding diaryl/α,β-unsaturated/α-hetero) is 1. The Morgan fingerprint density at radius 2 is 1.91 bits per heavy atom. The van der Waals surface area contributed by atoms with Gasteiger partial charge in [0.2, 0.25) is 0 Å². The van der Waals surface area contributed by atoms with Crippen LogP contribution in [-0.4, -0.2) is 28.2 Å². The molecule has 4 rings (SSSR count). The van der Waals surface area contributed by atoms with Crippen molar-refractivity contribution >= 4 is 5.78 Å². The minimum absolute atomic E-state index is 0.0475. The van der Waals surface area contributed by atoms with Gasteiger partial charge < -0.3 is 10.2 Å². The number of carbonyl (C=O) groups excluding carboxylic acids is 1. The topological polar surface area (TPSA) is 57.5 Å². The summed E-state index contributed by atoms with van der Waals surface area (Å²) in [6, 6.07) is 0. The van der Waals surface area contributed by atoms with E-state index >= 15 is 0 Å². The first-order valence-electron chi connectivity index (χ1n) is 8.96.